The van der Waals surface area contributed by atoms with Crippen molar-refractivity contribution < 1.29 is 9.21 Å². The second-order valence-corrected chi connectivity index (χ2v) is 4.09. The highest BCUT2D eigenvalue weighted by atomic mass is 16.3. The fourth-order valence-electron chi connectivity index (χ4n) is 2.01. The second-order valence-electron chi connectivity index (χ2n) is 4.09. The van der Waals surface area contributed by atoms with E-state index >= 15 is 0 Å². The lowest BCUT2D eigenvalue weighted by atomic mass is 9.94. The van der Waals surface area contributed by atoms with Gasteiger partial charge in [0.1, 0.15) is 5.76 Å². The van der Waals surface area contributed by atoms with Crippen LogP contribution in [0.1, 0.15) is 37.9 Å². The zero-order chi connectivity index (χ0) is 10.5. The molecule has 1 aromatic rings. The van der Waals surface area contributed by atoms with Crippen molar-refractivity contribution in [3.63, 3.8) is 0 Å². The minimum atomic E-state index is 0.168. The van der Waals surface area contributed by atoms with Crippen molar-refractivity contribution in [2.75, 3.05) is 0 Å². The Hall–Kier alpha value is -1.31. The van der Waals surface area contributed by atoms with E-state index in [9.17, 15) is 4.79 Å². The summed E-state index contributed by atoms with van der Waals surface area (Å²) < 4.78 is 5.14. The van der Waals surface area contributed by atoms with Gasteiger partial charge in [-0.2, -0.15) is 0 Å². The molecule has 1 aliphatic rings. The van der Waals surface area contributed by atoms with Crippen molar-refractivity contribution in [2.24, 2.45) is 0 Å². The number of carbonyl (C=O) groups excluding carboxylic acids is 1. The van der Waals surface area contributed by atoms with Crippen LogP contribution in [-0.4, -0.2) is 5.78 Å². The molecule has 0 amide bonds. The van der Waals surface area contributed by atoms with Crippen LogP contribution in [0.4, 0.5) is 0 Å². The molecule has 1 fully saturated rings. The Balaban J connectivity index is 1.91. The Labute approximate surface area is 90.0 Å². The number of ketones is 1. The molecule has 15 heavy (non-hydrogen) atoms. The molecule has 0 aromatic carbocycles. The quantitative estimate of drug-likeness (QED) is 0.707. The molecule has 1 aliphatic carbocycles. The Morgan fingerprint density at radius 1 is 1.33 bits per heavy atom. The van der Waals surface area contributed by atoms with Crippen molar-refractivity contribution in [3.05, 3.63) is 35.8 Å². The molecule has 80 valence electrons. The summed E-state index contributed by atoms with van der Waals surface area (Å²) in [7, 11) is 0. The molecule has 0 unspecified atom stereocenters. The zero-order valence-electron chi connectivity index (χ0n) is 8.87. The highest BCUT2D eigenvalue weighted by molar-refractivity contribution is 5.91. The number of furan rings is 1. The number of carbonyl (C=O) groups is 1. The molecule has 1 heterocycles. The molecule has 0 radical (unpaired) electrons. The second kappa shape index (κ2) is 4.96. The topological polar surface area (TPSA) is 30.2 Å². The van der Waals surface area contributed by atoms with Crippen LogP contribution in [0.5, 0.6) is 0 Å². The molecule has 0 N–H and O–H groups in total. The van der Waals surface area contributed by atoms with Crippen LogP contribution >= 0.6 is 0 Å². The SMILES string of the molecule is O=C(C=C1CCCCC1)Cc1ccco1. The van der Waals surface area contributed by atoms with Crippen LogP contribution in [-0.2, 0) is 11.2 Å². The molecular formula is C13H16O2. The fourth-order valence-corrected chi connectivity index (χ4v) is 2.01. The van der Waals surface area contributed by atoms with Crippen molar-refractivity contribution in [3.8, 4) is 0 Å². The monoisotopic (exact) mass is 204 g/mol. The van der Waals surface area contributed by atoms with Crippen LogP contribution in [0.25, 0.3) is 0 Å². The zero-order valence-corrected chi connectivity index (χ0v) is 8.87. The van der Waals surface area contributed by atoms with E-state index in [1.54, 1.807) is 6.26 Å². The van der Waals surface area contributed by atoms with Crippen molar-refractivity contribution in [2.45, 2.75) is 38.5 Å². The molecule has 2 nitrogen and oxygen atoms in total. The van der Waals surface area contributed by atoms with Gasteiger partial charge in [0, 0.05) is 0 Å². The van der Waals surface area contributed by atoms with Gasteiger partial charge in [-0.05, 0) is 43.9 Å². The van der Waals surface area contributed by atoms with E-state index < -0.39 is 0 Å². The van der Waals surface area contributed by atoms with Crippen molar-refractivity contribution >= 4 is 5.78 Å². The summed E-state index contributed by atoms with van der Waals surface area (Å²) in [4.78, 5) is 11.6. The first-order valence-electron chi connectivity index (χ1n) is 5.59. The summed E-state index contributed by atoms with van der Waals surface area (Å²) in [5.74, 6) is 0.925. The van der Waals surface area contributed by atoms with Crippen molar-refractivity contribution in [1.82, 2.24) is 0 Å². The van der Waals surface area contributed by atoms with Gasteiger partial charge in [0.2, 0.25) is 0 Å². The van der Waals surface area contributed by atoms with E-state index in [2.05, 4.69) is 0 Å². The average Bonchev–Trinajstić information content (AvgIpc) is 2.71. The third-order valence-corrected chi connectivity index (χ3v) is 2.79. The first kappa shape index (κ1) is 10.2. The lowest BCUT2D eigenvalue weighted by molar-refractivity contribution is -0.114. The van der Waals surface area contributed by atoms with Gasteiger partial charge in [0.25, 0.3) is 0 Å². The summed E-state index contributed by atoms with van der Waals surface area (Å²) in [5, 5.41) is 0. The predicted molar refractivity (Wildman–Crippen MR) is 58.6 cm³/mol. The lowest BCUT2D eigenvalue weighted by Crippen LogP contribution is -2.02. The highest BCUT2D eigenvalue weighted by Gasteiger charge is 2.08. The van der Waals surface area contributed by atoms with E-state index in [4.69, 9.17) is 4.42 Å². The Morgan fingerprint density at radius 3 is 2.80 bits per heavy atom. The van der Waals surface area contributed by atoms with Crippen LogP contribution < -0.4 is 0 Å². The summed E-state index contributed by atoms with van der Waals surface area (Å²) in [6.07, 6.45) is 9.81. The third kappa shape index (κ3) is 3.08. The third-order valence-electron chi connectivity index (χ3n) is 2.79. The van der Waals surface area contributed by atoms with E-state index in [-0.39, 0.29) is 5.78 Å². The van der Waals surface area contributed by atoms with Gasteiger partial charge < -0.3 is 4.42 Å². The van der Waals surface area contributed by atoms with Gasteiger partial charge >= 0.3 is 0 Å². The van der Waals surface area contributed by atoms with E-state index in [1.165, 1.54) is 24.8 Å². The first-order chi connectivity index (χ1) is 7.34. The van der Waals surface area contributed by atoms with Gasteiger partial charge in [-0.15, -0.1) is 0 Å². The fraction of sp³-hybridized carbons (Fsp3) is 0.462. The molecular weight excluding hydrogens is 188 g/mol. The average molecular weight is 204 g/mol. The minimum absolute atomic E-state index is 0.168. The molecule has 0 bridgehead atoms. The molecule has 1 aromatic heterocycles. The molecule has 0 spiro atoms. The van der Waals surface area contributed by atoms with Crippen LogP contribution in [0.15, 0.2) is 34.5 Å². The number of hydrogen-bond donors (Lipinski definition) is 0. The van der Waals surface area contributed by atoms with Crippen LogP contribution in [0.2, 0.25) is 0 Å². The number of hydrogen-bond acceptors (Lipinski definition) is 2. The van der Waals surface area contributed by atoms with Gasteiger partial charge in [-0.25, -0.2) is 0 Å². The summed E-state index contributed by atoms with van der Waals surface area (Å²) in [6, 6.07) is 3.66. The molecule has 0 aliphatic heterocycles. The predicted octanol–water partition coefficient (Wildman–Crippen LogP) is 3.28. The number of allylic oxidation sites excluding steroid dienone is 2. The van der Waals surface area contributed by atoms with Crippen LogP contribution in [0.3, 0.4) is 0 Å². The summed E-state index contributed by atoms with van der Waals surface area (Å²) in [5.41, 5.74) is 1.32. The Morgan fingerprint density at radius 2 is 2.13 bits per heavy atom. The van der Waals surface area contributed by atoms with E-state index in [0.29, 0.717) is 6.42 Å². The van der Waals surface area contributed by atoms with Gasteiger partial charge in [-0.1, -0.05) is 12.0 Å². The molecule has 2 heteroatoms. The molecule has 2 rings (SSSR count). The van der Waals surface area contributed by atoms with Gasteiger partial charge in [-0.3, -0.25) is 4.79 Å². The Bertz CT molecular complexity index is 339. The standard InChI is InChI=1S/C13H16O2/c14-12(10-13-7-4-8-15-13)9-11-5-2-1-3-6-11/h4,7-9H,1-3,5-6,10H2. The minimum Gasteiger partial charge on any atom is -0.469 e. The maximum atomic E-state index is 11.6. The lowest BCUT2D eigenvalue weighted by Gasteiger charge is -2.12. The van der Waals surface area contributed by atoms with Gasteiger partial charge in [0.05, 0.1) is 12.7 Å². The van der Waals surface area contributed by atoms with E-state index in [1.807, 2.05) is 18.2 Å². The smallest absolute Gasteiger partial charge is 0.163 e. The van der Waals surface area contributed by atoms with E-state index in [0.717, 1.165) is 18.6 Å². The largest absolute Gasteiger partial charge is 0.469 e. The molecule has 1 saturated carbocycles. The Kier molecular flexibility index (Phi) is 3.38. The van der Waals surface area contributed by atoms with Crippen LogP contribution in [0, 0.1) is 0 Å². The summed E-state index contributed by atoms with van der Waals surface area (Å²) >= 11 is 0. The maximum Gasteiger partial charge on any atom is 0.163 e. The normalized spacial score (nSPS) is 16.4. The maximum absolute atomic E-state index is 11.6. The molecule has 0 atom stereocenters. The van der Waals surface area contributed by atoms with Crippen molar-refractivity contribution in [1.29, 1.82) is 0 Å². The number of rotatable bonds is 3. The molecule has 0 saturated heterocycles. The first-order valence-corrected chi connectivity index (χ1v) is 5.59. The van der Waals surface area contributed by atoms with Gasteiger partial charge in [0.15, 0.2) is 5.78 Å². The summed E-state index contributed by atoms with van der Waals surface area (Å²) in [6.45, 7) is 0. The highest BCUT2D eigenvalue weighted by Crippen LogP contribution is 2.22.